The third-order valence-corrected chi connectivity index (χ3v) is 4.85. The van der Waals surface area contributed by atoms with Crippen LogP contribution in [0.2, 0.25) is 5.02 Å². The van der Waals surface area contributed by atoms with E-state index in [9.17, 15) is 14.7 Å². The van der Waals surface area contributed by atoms with E-state index >= 15 is 0 Å². The van der Waals surface area contributed by atoms with E-state index in [1.54, 1.807) is 18.2 Å². The minimum atomic E-state index is -0.896. The van der Waals surface area contributed by atoms with Crippen LogP contribution in [0.15, 0.2) is 22.7 Å². The fourth-order valence-electron chi connectivity index (χ4n) is 2.66. The molecule has 0 spiro atoms. The van der Waals surface area contributed by atoms with Gasteiger partial charge in [0.25, 0.3) is 0 Å². The van der Waals surface area contributed by atoms with Gasteiger partial charge in [0.05, 0.1) is 16.9 Å². The number of carboxylic acid groups (broad SMARTS) is 1. The molecule has 0 aliphatic heterocycles. The van der Waals surface area contributed by atoms with Gasteiger partial charge in [-0.1, -0.05) is 18.5 Å². The molecule has 0 aromatic heterocycles. The summed E-state index contributed by atoms with van der Waals surface area (Å²) < 4.78 is 0.687. The minimum Gasteiger partial charge on any atom is -0.481 e. The van der Waals surface area contributed by atoms with Crippen LogP contribution in [0.3, 0.4) is 0 Å². The van der Waals surface area contributed by atoms with Crippen molar-refractivity contribution < 1.29 is 14.7 Å². The van der Waals surface area contributed by atoms with Crippen LogP contribution in [-0.2, 0) is 9.59 Å². The van der Waals surface area contributed by atoms with Crippen molar-refractivity contribution in [1.29, 1.82) is 0 Å². The smallest absolute Gasteiger partial charge is 0.307 e. The normalized spacial score (nSPS) is 25.4. The van der Waals surface area contributed by atoms with E-state index < -0.39 is 17.8 Å². The fraction of sp³-hybridized carbons (Fsp3) is 0.429. The highest BCUT2D eigenvalue weighted by atomic mass is 79.9. The summed E-state index contributed by atoms with van der Waals surface area (Å²) in [4.78, 5) is 23.5. The van der Waals surface area contributed by atoms with Crippen molar-refractivity contribution in [3.05, 3.63) is 27.7 Å². The van der Waals surface area contributed by atoms with Gasteiger partial charge < -0.3 is 10.4 Å². The van der Waals surface area contributed by atoms with Gasteiger partial charge in [-0.25, -0.2) is 0 Å². The van der Waals surface area contributed by atoms with Crippen LogP contribution in [0.4, 0.5) is 5.69 Å². The Morgan fingerprint density at radius 1 is 1.35 bits per heavy atom. The number of amides is 1. The van der Waals surface area contributed by atoms with Crippen LogP contribution in [-0.4, -0.2) is 17.0 Å². The molecule has 1 saturated carbocycles. The second-order valence-electron chi connectivity index (χ2n) is 5.25. The summed E-state index contributed by atoms with van der Waals surface area (Å²) in [5, 5.41) is 12.5. The number of carbonyl (C=O) groups is 2. The van der Waals surface area contributed by atoms with Gasteiger partial charge in [0.2, 0.25) is 5.91 Å². The number of hydrogen-bond acceptors (Lipinski definition) is 2. The molecule has 6 heteroatoms. The predicted molar refractivity (Wildman–Crippen MR) is 80.8 cm³/mol. The molecular formula is C14H15BrClNO3. The first-order chi connectivity index (χ1) is 9.38. The Morgan fingerprint density at radius 3 is 2.60 bits per heavy atom. The van der Waals surface area contributed by atoms with Gasteiger partial charge in [-0.3, -0.25) is 9.59 Å². The maximum atomic E-state index is 12.2. The minimum absolute atomic E-state index is 0.240. The first-order valence-corrected chi connectivity index (χ1v) is 7.54. The third-order valence-electron chi connectivity index (χ3n) is 3.64. The van der Waals surface area contributed by atoms with E-state index in [4.69, 9.17) is 11.6 Å². The maximum Gasteiger partial charge on any atom is 0.307 e. The molecule has 1 fully saturated rings. The van der Waals surface area contributed by atoms with Crippen molar-refractivity contribution in [3.8, 4) is 0 Å². The number of carbonyl (C=O) groups excluding carboxylic acids is 1. The highest BCUT2D eigenvalue weighted by Crippen LogP contribution is 2.37. The lowest BCUT2D eigenvalue weighted by molar-refractivity contribution is -0.145. The first kappa shape index (κ1) is 15.3. The zero-order chi connectivity index (χ0) is 14.9. The molecule has 4 nitrogen and oxygen atoms in total. The van der Waals surface area contributed by atoms with Crippen molar-refractivity contribution in [2.45, 2.75) is 19.8 Å². The van der Waals surface area contributed by atoms with Crippen molar-refractivity contribution in [2.75, 3.05) is 5.32 Å². The predicted octanol–water partition coefficient (Wildman–Crippen LogP) is 3.79. The van der Waals surface area contributed by atoms with Crippen LogP contribution < -0.4 is 5.32 Å². The first-order valence-electron chi connectivity index (χ1n) is 6.37. The van der Waals surface area contributed by atoms with Gasteiger partial charge in [-0.05, 0) is 52.9 Å². The topological polar surface area (TPSA) is 66.4 Å². The molecule has 0 saturated heterocycles. The Balaban J connectivity index is 2.11. The monoisotopic (exact) mass is 359 g/mol. The summed E-state index contributed by atoms with van der Waals surface area (Å²) in [6.45, 7) is 1.97. The lowest BCUT2D eigenvalue weighted by Gasteiger charge is -2.15. The van der Waals surface area contributed by atoms with E-state index in [1.165, 1.54) is 0 Å². The molecule has 1 aliphatic carbocycles. The van der Waals surface area contributed by atoms with E-state index in [1.807, 2.05) is 6.92 Å². The van der Waals surface area contributed by atoms with Crippen molar-refractivity contribution >= 4 is 45.1 Å². The summed E-state index contributed by atoms with van der Waals surface area (Å²) in [5.41, 5.74) is 0.606. The molecule has 1 aliphatic rings. The molecule has 0 bridgehead atoms. The van der Waals surface area contributed by atoms with E-state index in [-0.39, 0.29) is 11.8 Å². The highest BCUT2D eigenvalue weighted by molar-refractivity contribution is 9.10. The van der Waals surface area contributed by atoms with Crippen molar-refractivity contribution in [3.63, 3.8) is 0 Å². The lowest BCUT2D eigenvalue weighted by atomic mass is 9.95. The summed E-state index contributed by atoms with van der Waals surface area (Å²) >= 11 is 9.18. The Bertz CT molecular complexity index is 549. The second kappa shape index (κ2) is 6.14. The Labute approximate surface area is 130 Å². The quantitative estimate of drug-likeness (QED) is 0.862. The van der Waals surface area contributed by atoms with Gasteiger partial charge in [0, 0.05) is 10.2 Å². The molecule has 2 N–H and O–H groups in total. The Hall–Kier alpha value is -1.07. The van der Waals surface area contributed by atoms with E-state index in [0.29, 0.717) is 28.0 Å². The van der Waals surface area contributed by atoms with Crippen molar-refractivity contribution in [2.24, 2.45) is 17.8 Å². The summed E-state index contributed by atoms with van der Waals surface area (Å²) in [6.07, 6.45) is 1.16. The molecule has 1 amide bonds. The Morgan fingerprint density at radius 2 is 2.00 bits per heavy atom. The van der Waals surface area contributed by atoms with E-state index in [0.717, 1.165) is 0 Å². The largest absolute Gasteiger partial charge is 0.481 e. The van der Waals surface area contributed by atoms with Gasteiger partial charge in [-0.15, -0.1) is 0 Å². The third kappa shape index (κ3) is 3.33. The number of rotatable bonds is 3. The van der Waals surface area contributed by atoms with Crippen LogP contribution >= 0.6 is 27.5 Å². The second-order valence-corrected chi connectivity index (χ2v) is 6.51. The molecule has 1 unspecified atom stereocenters. The van der Waals surface area contributed by atoms with Crippen LogP contribution in [0.25, 0.3) is 0 Å². The van der Waals surface area contributed by atoms with Gasteiger partial charge >= 0.3 is 5.97 Å². The zero-order valence-electron chi connectivity index (χ0n) is 10.9. The van der Waals surface area contributed by atoms with Gasteiger partial charge in [0.1, 0.15) is 0 Å². The van der Waals surface area contributed by atoms with Crippen LogP contribution in [0.1, 0.15) is 19.8 Å². The number of benzene rings is 1. The number of hydrogen-bond donors (Lipinski definition) is 2. The summed E-state index contributed by atoms with van der Waals surface area (Å²) in [6, 6.07) is 5.07. The average Bonchev–Trinajstić information content (AvgIpc) is 2.76. The standard InChI is InChI=1S/C14H15BrClNO3/c1-7-4-9(10(5-7)14(19)20)13(18)17-8-2-3-12(16)11(15)6-8/h2-3,6-7,9-10H,4-5H2,1H3,(H,17,18)(H,19,20)/t7?,9-,10+/m0/s1. The summed E-state index contributed by atoms with van der Waals surface area (Å²) in [5.74, 6) is -1.95. The molecule has 1 aromatic carbocycles. The molecule has 2 rings (SSSR count). The average molecular weight is 361 g/mol. The molecule has 20 heavy (non-hydrogen) atoms. The number of carboxylic acids is 1. The molecule has 0 heterocycles. The Kier molecular flexibility index (Phi) is 4.70. The van der Waals surface area contributed by atoms with Crippen LogP contribution in [0.5, 0.6) is 0 Å². The zero-order valence-corrected chi connectivity index (χ0v) is 13.2. The van der Waals surface area contributed by atoms with Gasteiger partial charge in [-0.2, -0.15) is 0 Å². The summed E-state index contributed by atoms with van der Waals surface area (Å²) in [7, 11) is 0. The molecular weight excluding hydrogens is 346 g/mol. The number of nitrogens with one attached hydrogen (secondary N) is 1. The fourth-order valence-corrected chi connectivity index (χ4v) is 3.16. The van der Waals surface area contributed by atoms with Crippen molar-refractivity contribution in [1.82, 2.24) is 0 Å². The maximum absolute atomic E-state index is 12.2. The SMILES string of the molecule is CC1C[C@H](C(=O)Nc2ccc(Cl)c(Br)c2)[C@H](C(=O)O)C1. The number of halogens is 2. The molecule has 3 atom stereocenters. The highest BCUT2D eigenvalue weighted by Gasteiger charge is 2.41. The van der Waals surface area contributed by atoms with Crippen LogP contribution in [0, 0.1) is 17.8 Å². The van der Waals surface area contributed by atoms with E-state index in [2.05, 4.69) is 21.2 Å². The van der Waals surface area contributed by atoms with Gasteiger partial charge in [0.15, 0.2) is 0 Å². The lowest BCUT2D eigenvalue weighted by Crippen LogP contribution is -2.29. The molecule has 108 valence electrons. The molecule has 0 radical (unpaired) electrons. The number of anilines is 1. The molecule has 1 aromatic rings. The number of aliphatic carboxylic acids is 1.